The van der Waals surface area contributed by atoms with Gasteiger partial charge in [0, 0.05) is 12.2 Å². The molecule has 0 aliphatic heterocycles. The monoisotopic (exact) mass is 391 g/mol. The molecule has 0 aromatic carbocycles. The Morgan fingerprint density at radius 1 is 0.962 bits per heavy atom. The number of rotatable bonds is 11. The smallest absolute Gasteiger partial charge is 0.327 e. The SMILES string of the molecule is CC(N)C(=O)NC(CCC(N)=O)C(=O)NC(C)C(=O)NC(CS)C(=O)O. The number of carboxylic acids is 1. The fourth-order valence-electron chi connectivity index (χ4n) is 1.72. The molecular weight excluding hydrogens is 366 g/mol. The van der Waals surface area contributed by atoms with Crippen molar-refractivity contribution in [1.29, 1.82) is 0 Å². The van der Waals surface area contributed by atoms with Crippen LogP contribution in [0, 0.1) is 0 Å². The predicted octanol–water partition coefficient (Wildman–Crippen LogP) is -2.91. The number of primary amides is 1. The van der Waals surface area contributed by atoms with E-state index in [1.807, 2.05) is 0 Å². The first kappa shape index (κ1) is 23.7. The maximum Gasteiger partial charge on any atom is 0.327 e. The third-order valence-electron chi connectivity index (χ3n) is 3.28. The van der Waals surface area contributed by atoms with Gasteiger partial charge >= 0.3 is 5.97 Å². The van der Waals surface area contributed by atoms with Gasteiger partial charge in [0.2, 0.25) is 23.6 Å². The molecule has 0 aromatic heterocycles. The Morgan fingerprint density at radius 2 is 1.50 bits per heavy atom. The first-order valence-corrected chi connectivity index (χ1v) is 8.41. The van der Waals surface area contributed by atoms with Crippen molar-refractivity contribution in [2.75, 3.05) is 5.75 Å². The quantitative estimate of drug-likeness (QED) is 0.183. The largest absolute Gasteiger partial charge is 0.480 e. The Bertz CT molecular complexity index is 556. The number of carbonyl (C=O) groups excluding carboxylic acids is 4. The summed E-state index contributed by atoms with van der Waals surface area (Å²) in [5, 5.41) is 15.8. The first-order chi connectivity index (χ1) is 12.0. The van der Waals surface area contributed by atoms with Crippen LogP contribution in [0.4, 0.5) is 0 Å². The van der Waals surface area contributed by atoms with E-state index in [9.17, 15) is 24.0 Å². The molecule has 0 saturated carbocycles. The Labute approximate surface area is 156 Å². The van der Waals surface area contributed by atoms with Crippen LogP contribution in [-0.2, 0) is 24.0 Å². The summed E-state index contributed by atoms with van der Waals surface area (Å²) >= 11 is 3.82. The average Bonchev–Trinajstić information content (AvgIpc) is 2.54. The minimum atomic E-state index is -1.27. The fraction of sp³-hybridized carbons (Fsp3) is 0.643. The standard InChI is InChI=1S/C14H25N5O6S/c1-6(15)11(21)18-8(3-4-10(16)20)13(23)17-7(2)12(22)19-9(5-26)14(24)25/h6-9,26H,3-5,15H2,1-2H3,(H2,16,20)(H,17,23)(H,18,21)(H,19,22)(H,24,25). The minimum Gasteiger partial charge on any atom is -0.480 e. The molecule has 26 heavy (non-hydrogen) atoms. The van der Waals surface area contributed by atoms with Crippen LogP contribution in [0.15, 0.2) is 0 Å². The van der Waals surface area contributed by atoms with Crippen LogP contribution in [-0.4, -0.2) is 64.6 Å². The average molecular weight is 391 g/mol. The highest BCUT2D eigenvalue weighted by Crippen LogP contribution is 2.00. The summed E-state index contributed by atoms with van der Waals surface area (Å²) in [6, 6.07) is -4.32. The van der Waals surface area contributed by atoms with Crippen molar-refractivity contribution < 1.29 is 29.1 Å². The second-order valence-corrected chi connectivity index (χ2v) is 6.03. The normalized spacial score (nSPS) is 15.1. The van der Waals surface area contributed by atoms with Gasteiger partial charge in [-0.05, 0) is 20.3 Å². The summed E-state index contributed by atoms with van der Waals surface area (Å²) in [7, 11) is 0. The Morgan fingerprint density at radius 3 is 1.92 bits per heavy atom. The van der Waals surface area contributed by atoms with E-state index >= 15 is 0 Å². The van der Waals surface area contributed by atoms with Crippen molar-refractivity contribution in [3.63, 3.8) is 0 Å². The zero-order chi connectivity index (χ0) is 20.4. The van der Waals surface area contributed by atoms with E-state index in [1.54, 1.807) is 0 Å². The molecule has 148 valence electrons. The molecule has 0 fully saturated rings. The van der Waals surface area contributed by atoms with Crippen molar-refractivity contribution >= 4 is 42.2 Å². The molecule has 0 aromatic rings. The number of nitrogens with two attached hydrogens (primary N) is 2. The molecule has 0 spiro atoms. The van der Waals surface area contributed by atoms with Crippen LogP contribution in [0.5, 0.6) is 0 Å². The van der Waals surface area contributed by atoms with Crippen LogP contribution >= 0.6 is 12.6 Å². The molecule has 0 aliphatic rings. The van der Waals surface area contributed by atoms with E-state index in [2.05, 4.69) is 28.6 Å². The van der Waals surface area contributed by atoms with Crippen molar-refractivity contribution in [3.05, 3.63) is 0 Å². The molecule has 11 nitrogen and oxygen atoms in total. The molecule has 0 aliphatic carbocycles. The summed E-state index contributed by atoms with van der Waals surface area (Å²) < 4.78 is 0. The number of amides is 4. The number of nitrogens with one attached hydrogen (secondary N) is 3. The number of hydrogen-bond acceptors (Lipinski definition) is 7. The third-order valence-corrected chi connectivity index (χ3v) is 3.64. The van der Waals surface area contributed by atoms with Gasteiger partial charge in [-0.3, -0.25) is 19.2 Å². The van der Waals surface area contributed by atoms with E-state index in [4.69, 9.17) is 16.6 Å². The van der Waals surface area contributed by atoms with Crippen molar-refractivity contribution in [3.8, 4) is 0 Å². The Kier molecular flexibility index (Phi) is 10.3. The van der Waals surface area contributed by atoms with Gasteiger partial charge < -0.3 is 32.5 Å². The first-order valence-electron chi connectivity index (χ1n) is 7.78. The third kappa shape index (κ3) is 8.67. The minimum absolute atomic E-state index is 0.0810. The molecule has 0 saturated heterocycles. The summed E-state index contributed by atoms with van der Waals surface area (Å²) in [6.07, 6.45) is -0.249. The van der Waals surface area contributed by atoms with Gasteiger partial charge in [-0.2, -0.15) is 12.6 Å². The highest BCUT2D eigenvalue weighted by molar-refractivity contribution is 7.80. The van der Waals surface area contributed by atoms with Gasteiger partial charge in [0.25, 0.3) is 0 Å². The fourth-order valence-corrected chi connectivity index (χ4v) is 1.97. The zero-order valence-electron chi connectivity index (χ0n) is 14.5. The topological polar surface area (TPSA) is 194 Å². The molecule has 12 heteroatoms. The van der Waals surface area contributed by atoms with Crippen LogP contribution in [0.1, 0.15) is 26.7 Å². The maximum atomic E-state index is 12.3. The number of hydrogen-bond donors (Lipinski definition) is 7. The molecule has 4 unspecified atom stereocenters. The van der Waals surface area contributed by atoms with Crippen LogP contribution < -0.4 is 27.4 Å². The van der Waals surface area contributed by atoms with Gasteiger partial charge in [0.05, 0.1) is 6.04 Å². The van der Waals surface area contributed by atoms with E-state index < -0.39 is 53.8 Å². The predicted molar refractivity (Wildman–Crippen MR) is 95.0 cm³/mol. The summed E-state index contributed by atoms with van der Waals surface area (Å²) in [4.78, 5) is 57.8. The second-order valence-electron chi connectivity index (χ2n) is 5.67. The molecule has 0 heterocycles. The number of aliphatic carboxylic acids is 1. The number of carbonyl (C=O) groups is 5. The lowest BCUT2D eigenvalue weighted by Crippen LogP contribution is -2.56. The summed E-state index contributed by atoms with van der Waals surface area (Å²) in [5.74, 6) is -4.16. The van der Waals surface area contributed by atoms with Crippen LogP contribution in [0.25, 0.3) is 0 Å². The van der Waals surface area contributed by atoms with Crippen LogP contribution in [0.3, 0.4) is 0 Å². The molecule has 0 radical (unpaired) electrons. The van der Waals surface area contributed by atoms with Crippen LogP contribution in [0.2, 0.25) is 0 Å². The zero-order valence-corrected chi connectivity index (χ0v) is 15.4. The summed E-state index contributed by atoms with van der Waals surface area (Å²) in [6.45, 7) is 2.75. The lowest BCUT2D eigenvalue weighted by atomic mass is 10.1. The van der Waals surface area contributed by atoms with Gasteiger partial charge in [-0.1, -0.05) is 0 Å². The molecule has 4 amide bonds. The van der Waals surface area contributed by atoms with Gasteiger partial charge in [0.1, 0.15) is 18.1 Å². The maximum absolute atomic E-state index is 12.3. The van der Waals surface area contributed by atoms with E-state index in [0.29, 0.717) is 0 Å². The number of carboxylic acid groups (broad SMARTS) is 1. The highest BCUT2D eigenvalue weighted by Gasteiger charge is 2.27. The summed E-state index contributed by atoms with van der Waals surface area (Å²) in [5.41, 5.74) is 10.5. The van der Waals surface area contributed by atoms with E-state index in [-0.39, 0.29) is 18.6 Å². The highest BCUT2D eigenvalue weighted by atomic mass is 32.1. The van der Waals surface area contributed by atoms with Crippen molar-refractivity contribution in [1.82, 2.24) is 16.0 Å². The lowest BCUT2D eigenvalue weighted by Gasteiger charge is -2.22. The Hall–Kier alpha value is -2.34. The Balaban J connectivity index is 4.92. The molecule has 0 bridgehead atoms. The molecule has 0 rings (SSSR count). The van der Waals surface area contributed by atoms with Crippen molar-refractivity contribution in [2.24, 2.45) is 11.5 Å². The lowest BCUT2D eigenvalue weighted by molar-refractivity contribution is -0.141. The van der Waals surface area contributed by atoms with E-state index in [1.165, 1.54) is 13.8 Å². The van der Waals surface area contributed by atoms with Gasteiger partial charge in [-0.25, -0.2) is 4.79 Å². The second kappa shape index (κ2) is 11.3. The number of thiol groups is 1. The molecule has 4 atom stereocenters. The van der Waals surface area contributed by atoms with E-state index in [0.717, 1.165) is 0 Å². The van der Waals surface area contributed by atoms with Gasteiger partial charge in [-0.15, -0.1) is 0 Å². The van der Waals surface area contributed by atoms with Gasteiger partial charge in [0.15, 0.2) is 0 Å². The van der Waals surface area contributed by atoms with Crippen molar-refractivity contribution in [2.45, 2.75) is 50.9 Å². The molecule has 8 N–H and O–H groups in total. The molecular formula is C14H25N5O6S.